The van der Waals surface area contributed by atoms with Crippen molar-refractivity contribution in [2.24, 2.45) is 0 Å². The van der Waals surface area contributed by atoms with Crippen molar-refractivity contribution in [3.05, 3.63) is 59.6 Å². The van der Waals surface area contributed by atoms with Gasteiger partial charge in [0.05, 0.1) is 30.3 Å². The number of nitrogens with zero attached hydrogens (tertiary/aromatic N) is 6. The minimum absolute atomic E-state index is 0.0612. The number of aromatic nitrogens is 5. The number of pyridine rings is 2. The zero-order valence-electron chi connectivity index (χ0n) is 15.9. The van der Waals surface area contributed by atoms with Gasteiger partial charge in [-0.3, -0.25) is 14.2 Å². The number of amides is 1. The van der Waals surface area contributed by atoms with Gasteiger partial charge in [0, 0.05) is 23.9 Å². The lowest BCUT2D eigenvalue weighted by Gasteiger charge is -2.33. The molecule has 2 aliphatic rings. The molecule has 29 heavy (non-hydrogen) atoms. The number of anilines is 1. The summed E-state index contributed by atoms with van der Waals surface area (Å²) in [5, 5.41) is 0. The Bertz CT molecular complexity index is 1310. The summed E-state index contributed by atoms with van der Waals surface area (Å²) in [4.78, 5) is 33.1. The van der Waals surface area contributed by atoms with Crippen molar-refractivity contribution in [1.82, 2.24) is 29.2 Å². The van der Waals surface area contributed by atoms with Gasteiger partial charge in [0.15, 0.2) is 0 Å². The average Bonchev–Trinajstić information content (AvgIpc) is 3.32. The third-order valence-electron chi connectivity index (χ3n) is 6.19. The van der Waals surface area contributed by atoms with E-state index >= 15 is 0 Å². The van der Waals surface area contributed by atoms with E-state index in [0.29, 0.717) is 35.0 Å². The highest BCUT2D eigenvalue weighted by Gasteiger charge is 2.42. The quantitative estimate of drug-likeness (QED) is 0.540. The Morgan fingerprint density at radius 2 is 2.10 bits per heavy atom. The molecule has 144 valence electrons. The molecule has 1 saturated heterocycles. The van der Waals surface area contributed by atoms with E-state index in [4.69, 9.17) is 10.7 Å². The molecule has 1 aliphatic carbocycles. The fourth-order valence-corrected chi connectivity index (χ4v) is 4.79. The van der Waals surface area contributed by atoms with Gasteiger partial charge in [0.2, 0.25) is 0 Å². The van der Waals surface area contributed by atoms with Crippen molar-refractivity contribution in [2.75, 3.05) is 12.3 Å². The van der Waals surface area contributed by atoms with Gasteiger partial charge in [0.25, 0.3) is 5.91 Å². The first-order valence-corrected chi connectivity index (χ1v) is 9.76. The van der Waals surface area contributed by atoms with Crippen LogP contribution in [0.3, 0.4) is 0 Å². The number of fused-ring (bicyclic) bond motifs is 8. The van der Waals surface area contributed by atoms with Gasteiger partial charge < -0.3 is 10.6 Å². The van der Waals surface area contributed by atoms with E-state index in [2.05, 4.69) is 21.0 Å². The van der Waals surface area contributed by atoms with Crippen LogP contribution < -0.4 is 5.73 Å². The largest absolute Gasteiger partial charge is 0.382 e. The molecule has 2 atom stereocenters. The summed E-state index contributed by atoms with van der Waals surface area (Å²) in [6.07, 6.45) is 6.83. The molecule has 0 spiro atoms. The van der Waals surface area contributed by atoms with Gasteiger partial charge in [-0.25, -0.2) is 15.0 Å². The van der Waals surface area contributed by atoms with Gasteiger partial charge in [-0.05, 0) is 37.5 Å². The third-order valence-corrected chi connectivity index (χ3v) is 6.19. The van der Waals surface area contributed by atoms with Crippen LogP contribution in [0.4, 0.5) is 5.82 Å². The SMILES string of the molecule is Cc1ccc2c(n1)[C@H]1CCN(C(=O)c3cc4c(cn3)nc(N)c3cncn34)[C@@H]2C1. The van der Waals surface area contributed by atoms with Crippen LogP contribution in [0.1, 0.15) is 52.2 Å². The van der Waals surface area contributed by atoms with E-state index in [0.717, 1.165) is 29.7 Å². The first-order chi connectivity index (χ1) is 14.1. The molecule has 4 aromatic rings. The Morgan fingerprint density at radius 1 is 1.21 bits per heavy atom. The molecular formula is C21H19N7O. The lowest BCUT2D eigenvalue weighted by molar-refractivity contribution is 0.0614. The second-order valence-electron chi connectivity index (χ2n) is 7.87. The lowest BCUT2D eigenvalue weighted by Crippen LogP contribution is -2.38. The van der Waals surface area contributed by atoms with E-state index in [-0.39, 0.29) is 11.9 Å². The Kier molecular flexibility index (Phi) is 3.24. The number of carbonyl (C=O) groups excluding carboxylic acids is 1. The summed E-state index contributed by atoms with van der Waals surface area (Å²) in [7, 11) is 0. The molecular weight excluding hydrogens is 366 g/mol. The van der Waals surface area contributed by atoms with E-state index in [1.807, 2.05) is 22.3 Å². The summed E-state index contributed by atoms with van der Waals surface area (Å²) in [5.74, 6) is 0.776. The second kappa shape index (κ2) is 5.73. The minimum atomic E-state index is -0.0612. The van der Waals surface area contributed by atoms with Gasteiger partial charge >= 0.3 is 0 Å². The summed E-state index contributed by atoms with van der Waals surface area (Å²) < 4.78 is 1.85. The normalized spacial score (nSPS) is 20.4. The number of nitrogen functional groups attached to an aromatic ring is 1. The molecule has 0 saturated carbocycles. The Labute approximate surface area is 166 Å². The molecule has 0 radical (unpaired) electrons. The van der Waals surface area contributed by atoms with Gasteiger partial charge in [-0.2, -0.15) is 0 Å². The van der Waals surface area contributed by atoms with Crippen LogP contribution in [0.15, 0.2) is 36.9 Å². The third kappa shape index (κ3) is 2.28. The highest BCUT2D eigenvalue weighted by atomic mass is 16.2. The van der Waals surface area contributed by atoms with Crippen LogP contribution in [-0.2, 0) is 0 Å². The van der Waals surface area contributed by atoms with E-state index in [1.54, 1.807) is 24.8 Å². The fourth-order valence-electron chi connectivity index (χ4n) is 4.79. The van der Waals surface area contributed by atoms with Crippen molar-refractivity contribution < 1.29 is 4.79 Å². The molecule has 5 heterocycles. The second-order valence-corrected chi connectivity index (χ2v) is 7.87. The van der Waals surface area contributed by atoms with Gasteiger partial charge in [0.1, 0.15) is 22.5 Å². The molecule has 1 amide bonds. The summed E-state index contributed by atoms with van der Waals surface area (Å²) in [5.41, 5.74) is 11.9. The molecule has 2 N–H and O–H groups in total. The summed E-state index contributed by atoms with van der Waals surface area (Å²) >= 11 is 0. The summed E-state index contributed by atoms with van der Waals surface area (Å²) in [6, 6.07) is 6.01. The molecule has 8 nitrogen and oxygen atoms in total. The molecule has 2 bridgehead atoms. The molecule has 1 fully saturated rings. The van der Waals surface area contributed by atoms with Crippen molar-refractivity contribution >= 4 is 28.3 Å². The zero-order valence-corrected chi connectivity index (χ0v) is 15.9. The van der Waals surface area contributed by atoms with Crippen molar-refractivity contribution in [3.8, 4) is 0 Å². The molecule has 1 aliphatic heterocycles. The van der Waals surface area contributed by atoms with E-state index < -0.39 is 0 Å². The standard InChI is InChI=1S/C21H19N7O/c1-11-2-3-13-16-6-12(19(13)25-11)4-5-27(16)21(29)14-7-17-15(8-24-14)26-20(22)18-9-23-10-28(17)18/h2-3,7-10,12,16H,4-6H2,1H3,(H2,22,26)/t12-,16+/m0/s1. The molecule has 0 unspecified atom stereocenters. The Morgan fingerprint density at radius 3 is 3.00 bits per heavy atom. The zero-order chi connectivity index (χ0) is 19.7. The number of piperidine rings is 1. The van der Waals surface area contributed by atoms with Crippen molar-refractivity contribution in [2.45, 2.75) is 31.7 Å². The minimum Gasteiger partial charge on any atom is -0.382 e. The van der Waals surface area contributed by atoms with E-state index in [1.165, 1.54) is 5.56 Å². The highest BCUT2D eigenvalue weighted by molar-refractivity contribution is 5.96. The number of hydrogen-bond acceptors (Lipinski definition) is 6. The van der Waals surface area contributed by atoms with Crippen molar-refractivity contribution in [1.29, 1.82) is 0 Å². The Balaban J connectivity index is 1.43. The molecule has 6 rings (SSSR count). The Hall–Kier alpha value is -3.55. The first-order valence-electron chi connectivity index (χ1n) is 9.76. The summed E-state index contributed by atoms with van der Waals surface area (Å²) in [6.45, 7) is 2.73. The fraction of sp³-hybridized carbons (Fsp3) is 0.286. The monoisotopic (exact) mass is 385 g/mol. The van der Waals surface area contributed by atoms with Crippen LogP contribution in [0.25, 0.3) is 16.6 Å². The smallest absolute Gasteiger partial charge is 0.273 e. The van der Waals surface area contributed by atoms with Gasteiger partial charge in [-0.15, -0.1) is 0 Å². The molecule has 8 heteroatoms. The van der Waals surface area contributed by atoms with Crippen LogP contribution in [0.2, 0.25) is 0 Å². The first kappa shape index (κ1) is 16.4. The predicted molar refractivity (Wildman–Crippen MR) is 107 cm³/mol. The maximum atomic E-state index is 13.4. The highest BCUT2D eigenvalue weighted by Crippen LogP contribution is 2.48. The molecule has 4 aromatic heterocycles. The van der Waals surface area contributed by atoms with Crippen LogP contribution in [0, 0.1) is 6.92 Å². The topological polar surface area (TPSA) is 102 Å². The number of likely N-dealkylation sites (tertiary alicyclic amines) is 1. The number of nitrogens with two attached hydrogens (primary N) is 1. The number of rotatable bonds is 1. The van der Waals surface area contributed by atoms with Crippen LogP contribution in [0.5, 0.6) is 0 Å². The predicted octanol–water partition coefficient (Wildman–Crippen LogP) is 2.64. The van der Waals surface area contributed by atoms with Crippen molar-refractivity contribution in [3.63, 3.8) is 0 Å². The van der Waals surface area contributed by atoms with Crippen LogP contribution >= 0.6 is 0 Å². The number of aryl methyl sites for hydroxylation is 1. The van der Waals surface area contributed by atoms with E-state index in [9.17, 15) is 4.79 Å². The molecule has 0 aromatic carbocycles. The van der Waals surface area contributed by atoms with Crippen LogP contribution in [-0.4, -0.2) is 41.7 Å². The number of carbonyl (C=O) groups is 1. The maximum Gasteiger partial charge on any atom is 0.273 e. The van der Waals surface area contributed by atoms with Gasteiger partial charge in [-0.1, -0.05) is 6.07 Å². The average molecular weight is 385 g/mol. The lowest BCUT2D eigenvalue weighted by atomic mass is 9.97. The number of imidazole rings is 1. The number of hydrogen-bond donors (Lipinski definition) is 1. The maximum absolute atomic E-state index is 13.4.